The van der Waals surface area contributed by atoms with Crippen LogP contribution in [0.15, 0.2) is 24.3 Å². The molecule has 1 rings (SSSR count). The molecule has 0 atom stereocenters. The first-order chi connectivity index (χ1) is 7.00. The van der Waals surface area contributed by atoms with Gasteiger partial charge in [-0.05, 0) is 24.3 Å². The lowest BCUT2D eigenvalue weighted by atomic mass is 10.3. The van der Waals surface area contributed by atoms with Gasteiger partial charge in [0, 0.05) is 5.02 Å². The average molecular weight is 231 g/mol. The molecular formula is C7H7ClN4O3. The van der Waals surface area contributed by atoms with E-state index in [1.165, 1.54) is 24.3 Å². The second-order valence-electron chi connectivity index (χ2n) is 2.46. The molecule has 0 aliphatic heterocycles. The number of halogens is 1. The Morgan fingerprint density at radius 3 is 2.47 bits per heavy atom. The monoisotopic (exact) mass is 230 g/mol. The first-order valence-corrected chi connectivity index (χ1v) is 4.10. The summed E-state index contributed by atoms with van der Waals surface area (Å²) in [6, 6.07) is 5.87. The molecule has 0 heterocycles. The molecule has 15 heavy (non-hydrogen) atoms. The van der Waals surface area contributed by atoms with Crippen LogP contribution in [0.2, 0.25) is 5.02 Å². The van der Waals surface area contributed by atoms with Crippen molar-refractivity contribution in [3.05, 3.63) is 39.4 Å². The zero-order chi connectivity index (χ0) is 11.4. The van der Waals surface area contributed by atoms with Crippen molar-refractivity contribution >= 4 is 23.2 Å². The number of nitrogens with zero attached hydrogens (tertiary/aromatic N) is 2. The van der Waals surface area contributed by atoms with E-state index in [0.29, 0.717) is 10.1 Å². The molecule has 0 saturated carbocycles. The highest BCUT2D eigenvalue weighted by atomic mass is 35.5. The first kappa shape index (κ1) is 11.1. The van der Waals surface area contributed by atoms with Crippen LogP contribution in [0.5, 0.6) is 0 Å². The fraction of sp³-hybridized carbons (Fsp3) is 0. The molecular weight excluding hydrogens is 224 g/mol. The highest BCUT2D eigenvalue weighted by Gasteiger charge is 2.13. The van der Waals surface area contributed by atoms with Crippen molar-refractivity contribution in [1.82, 2.24) is 0 Å². The largest absolute Gasteiger partial charge is 0.368 e. The Hall–Kier alpha value is -2.02. The van der Waals surface area contributed by atoms with Crippen molar-refractivity contribution in [2.24, 2.45) is 5.73 Å². The number of hydrogen-bond donors (Lipinski definition) is 2. The predicted molar refractivity (Wildman–Crippen MR) is 53.9 cm³/mol. The standard InChI is InChI=1S/C7H7ClN4O3/c8-5-1-3-6(4-2-5)11(7(9)10)15-12(13)14/h1-4H,(H3,9,10). The lowest BCUT2D eigenvalue weighted by Crippen LogP contribution is -2.38. The van der Waals surface area contributed by atoms with E-state index in [-0.39, 0.29) is 5.69 Å². The molecule has 1 aromatic carbocycles. The van der Waals surface area contributed by atoms with E-state index in [1.807, 2.05) is 0 Å². The van der Waals surface area contributed by atoms with E-state index in [4.69, 9.17) is 22.7 Å². The van der Waals surface area contributed by atoms with Gasteiger partial charge in [-0.3, -0.25) is 5.41 Å². The second kappa shape index (κ2) is 4.47. The van der Waals surface area contributed by atoms with E-state index in [9.17, 15) is 10.1 Å². The van der Waals surface area contributed by atoms with Gasteiger partial charge in [-0.2, -0.15) is 4.94 Å². The van der Waals surface area contributed by atoms with Gasteiger partial charge in [0.2, 0.25) is 5.96 Å². The Bertz CT molecular complexity index is 380. The smallest absolute Gasteiger partial charge is 0.317 e. The number of rotatable bonds is 3. The van der Waals surface area contributed by atoms with Gasteiger partial charge in [0.05, 0.1) is 5.69 Å². The van der Waals surface area contributed by atoms with E-state index in [1.54, 1.807) is 0 Å². The number of nitrogens with two attached hydrogens (primary N) is 1. The molecule has 0 aliphatic rings. The number of hydroxylamine groups is 1. The SMILES string of the molecule is N=C(N)N(O[N+](=O)[O-])c1ccc(Cl)cc1. The van der Waals surface area contributed by atoms with Crippen LogP contribution in [0.3, 0.4) is 0 Å². The molecule has 0 spiro atoms. The first-order valence-electron chi connectivity index (χ1n) is 3.73. The summed E-state index contributed by atoms with van der Waals surface area (Å²) in [5, 5.41) is 17.2. The Morgan fingerprint density at radius 1 is 1.53 bits per heavy atom. The maximum absolute atomic E-state index is 10.1. The molecule has 0 amide bonds. The highest BCUT2D eigenvalue weighted by Crippen LogP contribution is 2.17. The quantitative estimate of drug-likeness (QED) is 0.351. The van der Waals surface area contributed by atoms with Crippen molar-refractivity contribution in [1.29, 1.82) is 5.41 Å². The van der Waals surface area contributed by atoms with Crippen LogP contribution in [0.25, 0.3) is 0 Å². The molecule has 1 aromatic rings. The maximum atomic E-state index is 10.1. The van der Waals surface area contributed by atoms with E-state index >= 15 is 0 Å². The van der Waals surface area contributed by atoms with Crippen LogP contribution in [0, 0.1) is 15.5 Å². The summed E-state index contributed by atoms with van der Waals surface area (Å²) in [6.45, 7) is 0. The van der Waals surface area contributed by atoms with Gasteiger partial charge in [0.1, 0.15) is 0 Å². The van der Waals surface area contributed by atoms with Gasteiger partial charge in [-0.15, -0.1) is 15.2 Å². The number of nitrogens with one attached hydrogen (secondary N) is 1. The molecule has 0 bridgehead atoms. The Kier molecular flexibility index (Phi) is 3.29. The summed E-state index contributed by atoms with van der Waals surface area (Å²) < 4.78 is 0. The van der Waals surface area contributed by atoms with Crippen LogP contribution in [0.1, 0.15) is 0 Å². The van der Waals surface area contributed by atoms with Gasteiger partial charge >= 0.3 is 5.09 Å². The van der Waals surface area contributed by atoms with Crippen molar-refractivity contribution in [3.8, 4) is 0 Å². The number of guanidine groups is 1. The van der Waals surface area contributed by atoms with Crippen molar-refractivity contribution < 1.29 is 10.0 Å². The Balaban J connectivity index is 2.94. The number of benzene rings is 1. The molecule has 0 saturated heterocycles. The summed E-state index contributed by atoms with van der Waals surface area (Å²) in [4.78, 5) is 14.2. The predicted octanol–water partition coefficient (Wildman–Crippen LogP) is 1.16. The van der Waals surface area contributed by atoms with Crippen molar-refractivity contribution in [3.63, 3.8) is 0 Å². The lowest BCUT2D eigenvalue weighted by Gasteiger charge is -2.17. The minimum Gasteiger partial charge on any atom is -0.368 e. The van der Waals surface area contributed by atoms with E-state index in [2.05, 4.69) is 4.94 Å². The molecule has 0 radical (unpaired) electrons. The molecule has 0 fully saturated rings. The molecule has 0 unspecified atom stereocenters. The summed E-state index contributed by atoms with van der Waals surface area (Å²) in [7, 11) is 0. The highest BCUT2D eigenvalue weighted by molar-refractivity contribution is 6.30. The second-order valence-corrected chi connectivity index (χ2v) is 2.90. The summed E-state index contributed by atoms with van der Waals surface area (Å²) >= 11 is 5.62. The van der Waals surface area contributed by atoms with Crippen molar-refractivity contribution in [2.75, 3.05) is 5.06 Å². The Morgan fingerprint density at radius 2 is 2.07 bits per heavy atom. The van der Waals surface area contributed by atoms with Crippen LogP contribution in [-0.2, 0) is 4.94 Å². The van der Waals surface area contributed by atoms with Gasteiger partial charge in [-0.25, -0.2) is 0 Å². The molecule has 3 N–H and O–H groups in total. The zero-order valence-electron chi connectivity index (χ0n) is 7.38. The van der Waals surface area contributed by atoms with Gasteiger partial charge in [0.15, 0.2) is 0 Å². The zero-order valence-corrected chi connectivity index (χ0v) is 8.14. The van der Waals surface area contributed by atoms with Crippen LogP contribution in [0.4, 0.5) is 5.69 Å². The lowest BCUT2D eigenvalue weighted by molar-refractivity contribution is -0.758. The van der Waals surface area contributed by atoms with Gasteiger partial charge < -0.3 is 5.73 Å². The number of hydrogen-bond acceptors (Lipinski definition) is 4. The summed E-state index contributed by atoms with van der Waals surface area (Å²) in [5.41, 5.74) is 5.34. The summed E-state index contributed by atoms with van der Waals surface area (Å²) in [6.07, 6.45) is 0. The molecule has 0 aromatic heterocycles. The number of anilines is 1. The fourth-order valence-corrected chi connectivity index (χ4v) is 0.999. The van der Waals surface area contributed by atoms with Gasteiger partial charge in [0.25, 0.3) is 0 Å². The molecule has 0 aliphatic carbocycles. The molecule has 8 heteroatoms. The van der Waals surface area contributed by atoms with Gasteiger partial charge in [-0.1, -0.05) is 11.6 Å². The van der Waals surface area contributed by atoms with Crippen LogP contribution >= 0.6 is 11.6 Å². The van der Waals surface area contributed by atoms with Crippen molar-refractivity contribution in [2.45, 2.75) is 0 Å². The Labute approximate surface area is 89.6 Å². The third-order valence-electron chi connectivity index (χ3n) is 1.43. The third-order valence-corrected chi connectivity index (χ3v) is 1.68. The average Bonchev–Trinajstić information content (AvgIpc) is 2.15. The normalized spacial score (nSPS) is 9.40. The van der Waals surface area contributed by atoms with E-state index < -0.39 is 11.0 Å². The van der Waals surface area contributed by atoms with Crippen LogP contribution < -0.4 is 10.8 Å². The topological polar surface area (TPSA) is 105 Å². The molecule has 7 nitrogen and oxygen atoms in total. The van der Waals surface area contributed by atoms with Crippen LogP contribution in [-0.4, -0.2) is 11.0 Å². The van der Waals surface area contributed by atoms with E-state index in [0.717, 1.165) is 0 Å². The minimum absolute atomic E-state index is 0.239. The third kappa shape index (κ3) is 2.99. The summed E-state index contributed by atoms with van der Waals surface area (Å²) in [5.74, 6) is -0.603. The minimum atomic E-state index is -1.06. The fourth-order valence-electron chi connectivity index (χ4n) is 0.873. The maximum Gasteiger partial charge on any atom is 0.317 e. The molecule has 80 valence electrons.